The highest BCUT2D eigenvalue weighted by Crippen LogP contribution is 2.36. The average molecular weight is 422 g/mol. The molecule has 6 nitrogen and oxygen atoms in total. The molecule has 0 aliphatic carbocycles. The van der Waals surface area contributed by atoms with Gasteiger partial charge in [0.05, 0.1) is 5.02 Å². The molecule has 0 aliphatic heterocycles. The number of rotatable bonds is 10. The van der Waals surface area contributed by atoms with Crippen molar-refractivity contribution in [3.8, 4) is 11.5 Å². The van der Waals surface area contributed by atoms with Crippen LogP contribution in [0, 0.1) is 5.82 Å². The minimum absolute atomic E-state index is 0.0501. The van der Waals surface area contributed by atoms with E-state index < -0.39 is 5.82 Å². The highest BCUT2D eigenvalue weighted by Gasteiger charge is 2.21. The normalized spacial score (nSPS) is 12.7. The number of benzene rings is 2. The molecule has 2 aromatic carbocycles. The molecular weight excluding hydrogens is 397 g/mol. The number of halogens is 2. The van der Waals surface area contributed by atoms with Crippen LogP contribution in [0.25, 0.3) is 0 Å². The van der Waals surface area contributed by atoms with Crippen molar-refractivity contribution < 1.29 is 18.7 Å². The van der Waals surface area contributed by atoms with Gasteiger partial charge < -0.3 is 20.7 Å². The topological polar surface area (TPSA) is 79.5 Å². The van der Waals surface area contributed by atoms with Crippen LogP contribution in [0.3, 0.4) is 0 Å². The van der Waals surface area contributed by atoms with Crippen molar-refractivity contribution in [2.75, 3.05) is 11.9 Å². The Balaban J connectivity index is 2.22. The third kappa shape index (κ3) is 6.44. The summed E-state index contributed by atoms with van der Waals surface area (Å²) < 4.78 is 20.9. The van der Waals surface area contributed by atoms with Crippen molar-refractivity contribution in [3.63, 3.8) is 0 Å². The lowest BCUT2D eigenvalue weighted by atomic mass is 10.0. The van der Waals surface area contributed by atoms with Crippen molar-refractivity contribution in [2.45, 2.75) is 39.3 Å². The van der Waals surface area contributed by atoms with Gasteiger partial charge in [0.1, 0.15) is 5.75 Å². The van der Waals surface area contributed by atoms with E-state index in [9.17, 15) is 9.59 Å². The van der Waals surface area contributed by atoms with Crippen molar-refractivity contribution in [2.24, 2.45) is 0 Å². The Labute approximate surface area is 174 Å². The average Bonchev–Trinajstić information content (AvgIpc) is 2.69. The van der Waals surface area contributed by atoms with Crippen LogP contribution < -0.4 is 20.7 Å². The van der Waals surface area contributed by atoms with Crippen LogP contribution >= 0.6 is 11.6 Å². The summed E-state index contributed by atoms with van der Waals surface area (Å²) >= 11 is 6.18. The van der Waals surface area contributed by atoms with E-state index in [0.717, 1.165) is 0 Å². The molecule has 2 amide bonds. The molecule has 3 N–H and O–H groups in total. The van der Waals surface area contributed by atoms with E-state index in [4.69, 9.17) is 16.3 Å². The molecule has 0 unspecified atom stereocenters. The van der Waals surface area contributed by atoms with Crippen LogP contribution in [0.1, 0.15) is 38.8 Å². The molecule has 0 bridgehead atoms. The van der Waals surface area contributed by atoms with E-state index >= 15 is 4.39 Å². The number of hydrogen-bond donors (Lipinski definition) is 3. The molecule has 0 radical (unpaired) electrons. The van der Waals surface area contributed by atoms with Crippen LogP contribution in [0.5, 0.6) is 11.5 Å². The zero-order valence-electron chi connectivity index (χ0n) is 16.6. The molecule has 0 heterocycles. The standard InChI is InChI=1S/C21H25ClFN3O3/c1-4-19(25-13(2)11-24-12-27)17-9-10-18(22)21(20(17)23)29-16-7-5-15(6-8-16)26-14(3)28/h5-10,12-13,19,25H,4,11H2,1-3H3,(H,24,27)(H,26,28)/t13-,19+/m0/s1. The maximum atomic E-state index is 15.2. The second-order valence-electron chi connectivity index (χ2n) is 6.64. The van der Waals surface area contributed by atoms with E-state index in [0.29, 0.717) is 36.4 Å². The fraction of sp³-hybridized carbons (Fsp3) is 0.333. The lowest BCUT2D eigenvalue weighted by molar-refractivity contribution is -0.114. The van der Waals surface area contributed by atoms with Gasteiger partial charge in [-0.25, -0.2) is 4.39 Å². The van der Waals surface area contributed by atoms with E-state index in [1.165, 1.54) is 6.92 Å². The van der Waals surface area contributed by atoms with Crippen LogP contribution in [0.15, 0.2) is 36.4 Å². The molecular formula is C21H25ClFN3O3. The van der Waals surface area contributed by atoms with Crippen LogP contribution in [0.4, 0.5) is 10.1 Å². The molecule has 8 heteroatoms. The van der Waals surface area contributed by atoms with Crippen LogP contribution in [-0.2, 0) is 9.59 Å². The Kier molecular flexibility index (Phi) is 8.42. The summed E-state index contributed by atoms with van der Waals surface area (Å²) in [4.78, 5) is 21.6. The first-order chi connectivity index (χ1) is 13.8. The lowest BCUT2D eigenvalue weighted by Gasteiger charge is -2.24. The molecule has 2 rings (SSSR count). The fourth-order valence-corrected chi connectivity index (χ4v) is 3.08. The number of nitrogens with one attached hydrogen (secondary N) is 3. The third-order valence-electron chi connectivity index (χ3n) is 4.25. The summed E-state index contributed by atoms with van der Waals surface area (Å²) in [5, 5.41) is 8.71. The minimum Gasteiger partial charge on any atom is -0.453 e. The highest BCUT2D eigenvalue weighted by atomic mass is 35.5. The van der Waals surface area contributed by atoms with Crippen LogP contribution in [-0.4, -0.2) is 24.9 Å². The number of anilines is 1. The van der Waals surface area contributed by atoms with Crippen molar-refractivity contribution in [1.82, 2.24) is 10.6 Å². The SMILES string of the molecule is CC[C@@H](N[C@@H](C)CNC=O)c1ccc(Cl)c(Oc2ccc(NC(C)=O)cc2)c1F. The largest absolute Gasteiger partial charge is 0.453 e. The first-order valence-corrected chi connectivity index (χ1v) is 9.70. The number of carbonyl (C=O) groups is 2. The summed E-state index contributed by atoms with van der Waals surface area (Å²) in [7, 11) is 0. The second-order valence-corrected chi connectivity index (χ2v) is 7.05. The van der Waals surface area contributed by atoms with Gasteiger partial charge in [-0.2, -0.15) is 0 Å². The van der Waals surface area contributed by atoms with Crippen molar-refractivity contribution >= 4 is 29.6 Å². The first-order valence-electron chi connectivity index (χ1n) is 9.32. The van der Waals surface area contributed by atoms with E-state index in [1.54, 1.807) is 36.4 Å². The lowest BCUT2D eigenvalue weighted by Crippen LogP contribution is -2.38. The zero-order valence-corrected chi connectivity index (χ0v) is 17.3. The molecule has 0 aliphatic rings. The molecule has 29 heavy (non-hydrogen) atoms. The number of hydrogen-bond acceptors (Lipinski definition) is 4. The maximum Gasteiger partial charge on any atom is 0.221 e. The predicted molar refractivity (Wildman–Crippen MR) is 112 cm³/mol. The van der Waals surface area contributed by atoms with Gasteiger partial charge >= 0.3 is 0 Å². The Morgan fingerprint density at radius 1 is 1.24 bits per heavy atom. The summed E-state index contributed by atoms with van der Waals surface area (Å²) in [6.07, 6.45) is 1.26. The third-order valence-corrected chi connectivity index (χ3v) is 4.55. The van der Waals surface area contributed by atoms with Gasteiger partial charge in [-0.1, -0.05) is 24.6 Å². The van der Waals surface area contributed by atoms with Gasteiger partial charge in [-0.3, -0.25) is 9.59 Å². The predicted octanol–water partition coefficient (Wildman–Crippen LogP) is 4.41. The molecule has 0 fully saturated rings. The maximum absolute atomic E-state index is 15.2. The Morgan fingerprint density at radius 3 is 2.52 bits per heavy atom. The van der Waals surface area contributed by atoms with Crippen molar-refractivity contribution in [3.05, 3.63) is 52.8 Å². The van der Waals surface area contributed by atoms with Gasteiger partial charge in [-0.15, -0.1) is 0 Å². The number of ether oxygens (including phenoxy) is 1. The van der Waals surface area contributed by atoms with Gasteiger partial charge in [0.15, 0.2) is 11.6 Å². The molecule has 2 aromatic rings. The van der Waals surface area contributed by atoms with Gasteiger partial charge in [-0.05, 0) is 43.7 Å². The molecule has 0 saturated heterocycles. The Morgan fingerprint density at radius 2 is 1.93 bits per heavy atom. The summed E-state index contributed by atoms with van der Waals surface area (Å²) in [6, 6.07) is 9.46. The van der Waals surface area contributed by atoms with E-state index in [1.807, 2.05) is 13.8 Å². The van der Waals surface area contributed by atoms with Gasteiger partial charge in [0, 0.05) is 36.8 Å². The van der Waals surface area contributed by atoms with Gasteiger partial charge in [0.2, 0.25) is 12.3 Å². The van der Waals surface area contributed by atoms with E-state index in [-0.39, 0.29) is 28.8 Å². The minimum atomic E-state index is -0.543. The number of amides is 2. The number of carbonyl (C=O) groups excluding carboxylic acids is 2. The quantitative estimate of drug-likeness (QED) is 0.496. The summed E-state index contributed by atoms with van der Waals surface area (Å²) in [5.74, 6) is -0.397. The Hall–Kier alpha value is -2.64. The molecule has 0 spiro atoms. The van der Waals surface area contributed by atoms with Crippen LogP contribution in [0.2, 0.25) is 5.02 Å². The highest BCUT2D eigenvalue weighted by molar-refractivity contribution is 6.32. The summed E-state index contributed by atoms with van der Waals surface area (Å²) in [6.45, 7) is 5.69. The molecule has 0 saturated carbocycles. The smallest absolute Gasteiger partial charge is 0.221 e. The molecule has 2 atom stereocenters. The first kappa shape index (κ1) is 22.6. The van der Waals surface area contributed by atoms with Gasteiger partial charge in [0.25, 0.3) is 0 Å². The Bertz CT molecular complexity index is 846. The van der Waals surface area contributed by atoms with E-state index in [2.05, 4.69) is 16.0 Å². The molecule has 0 aromatic heterocycles. The fourth-order valence-electron chi connectivity index (χ4n) is 2.89. The summed E-state index contributed by atoms with van der Waals surface area (Å²) in [5.41, 5.74) is 1.04. The molecule has 156 valence electrons. The van der Waals surface area contributed by atoms with Crippen molar-refractivity contribution in [1.29, 1.82) is 0 Å². The zero-order chi connectivity index (χ0) is 21.4. The monoisotopic (exact) mass is 421 g/mol. The second kappa shape index (κ2) is 10.8.